The number of benzene rings is 1. The largest absolute Gasteiger partial charge is 0.480 e. The first-order chi connectivity index (χ1) is 9.97. The van der Waals surface area contributed by atoms with Crippen molar-refractivity contribution in [3.05, 3.63) is 35.1 Å². The summed E-state index contributed by atoms with van der Waals surface area (Å²) in [7, 11) is 0. The molecule has 7 heteroatoms. The molecule has 0 atom stereocenters. The lowest BCUT2D eigenvalue weighted by atomic mass is 10.2. The number of aromatic nitrogens is 2. The number of nitrogens with zero attached hydrogens (tertiary/aromatic N) is 3. The van der Waals surface area contributed by atoms with E-state index in [0.717, 1.165) is 0 Å². The molecular formula is C14H16ClN3O3. The van der Waals surface area contributed by atoms with Gasteiger partial charge in [-0.05, 0) is 26.0 Å². The minimum absolute atomic E-state index is 0.0587. The average Bonchev–Trinajstić information content (AvgIpc) is 2.86. The van der Waals surface area contributed by atoms with Crippen LogP contribution in [0.5, 0.6) is 0 Å². The van der Waals surface area contributed by atoms with E-state index in [4.69, 9.17) is 21.2 Å². The molecule has 0 spiro atoms. The summed E-state index contributed by atoms with van der Waals surface area (Å²) in [5, 5.41) is 13.3. The lowest BCUT2D eigenvalue weighted by Crippen LogP contribution is -2.35. The maximum Gasteiger partial charge on any atom is 0.317 e. The summed E-state index contributed by atoms with van der Waals surface area (Å²) in [6.07, 6.45) is 0. The third-order valence-corrected chi connectivity index (χ3v) is 3.32. The Hall–Kier alpha value is -1.92. The molecule has 0 radical (unpaired) electrons. The lowest BCUT2D eigenvalue weighted by molar-refractivity contribution is -0.139. The summed E-state index contributed by atoms with van der Waals surface area (Å²) >= 11 is 6.08. The third-order valence-electron chi connectivity index (χ3n) is 2.99. The Labute approximate surface area is 127 Å². The van der Waals surface area contributed by atoms with Crippen molar-refractivity contribution in [2.75, 3.05) is 6.54 Å². The van der Waals surface area contributed by atoms with Crippen LogP contribution in [0, 0.1) is 0 Å². The number of hydrogen-bond donors (Lipinski definition) is 1. The zero-order valence-corrected chi connectivity index (χ0v) is 12.5. The fourth-order valence-corrected chi connectivity index (χ4v) is 2.06. The first kappa shape index (κ1) is 15.5. The fourth-order valence-electron chi connectivity index (χ4n) is 1.84. The lowest BCUT2D eigenvalue weighted by Gasteiger charge is -2.22. The monoisotopic (exact) mass is 309 g/mol. The van der Waals surface area contributed by atoms with Gasteiger partial charge in [-0.25, -0.2) is 0 Å². The standard InChI is InChI=1S/C14H16ClN3O3/c1-9(2)18(8-13(19)20)7-12-16-14(21-17-12)10-5-3-4-6-11(10)15/h3-6,9H,7-8H2,1-2H3,(H,19,20). The van der Waals surface area contributed by atoms with Crippen LogP contribution >= 0.6 is 11.6 Å². The highest BCUT2D eigenvalue weighted by Crippen LogP contribution is 2.26. The van der Waals surface area contributed by atoms with E-state index in [2.05, 4.69) is 10.1 Å². The normalized spacial score (nSPS) is 11.3. The van der Waals surface area contributed by atoms with Gasteiger partial charge >= 0.3 is 5.97 Å². The van der Waals surface area contributed by atoms with Gasteiger partial charge in [-0.1, -0.05) is 28.9 Å². The Morgan fingerprint density at radius 3 is 2.76 bits per heavy atom. The number of aliphatic carboxylic acids is 1. The fraction of sp³-hybridized carbons (Fsp3) is 0.357. The predicted molar refractivity (Wildman–Crippen MR) is 77.9 cm³/mol. The van der Waals surface area contributed by atoms with Crippen molar-refractivity contribution in [2.45, 2.75) is 26.4 Å². The minimum Gasteiger partial charge on any atom is -0.480 e. The molecule has 2 aromatic rings. The van der Waals surface area contributed by atoms with Crippen LogP contribution < -0.4 is 0 Å². The van der Waals surface area contributed by atoms with Crippen molar-refractivity contribution >= 4 is 17.6 Å². The van der Waals surface area contributed by atoms with Crippen LogP contribution in [0.2, 0.25) is 5.02 Å². The maximum absolute atomic E-state index is 10.9. The molecule has 1 aromatic heterocycles. The molecule has 1 N–H and O–H groups in total. The van der Waals surface area contributed by atoms with Gasteiger partial charge in [0.2, 0.25) is 0 Å². The van der Waals surface area contributed by atoms with E-state index in [9.17, 15) is 4.79 Å². The molecule has 0 aliphatic heterocycles. The van der Waals surface area contributed by atoms with Gasteiger partial charge in [-0.15, -0.1) is 0 Å². The van der Waals surface area contributed by atoms with Crippen molar-refractivity contribution in [3.63, 3.8) is 0 Å². The van der Waals surface area contributed by atoms with Gasteiger partial charge in [-0.3, -0.25) is 9.69 Å². The molecule has 112 valence electrons. The van der Waals surface area contributed by atoms with Gasteiger partial charge in [0, 0.05) is 6.04 Å². The highest BCUT2D eigenvalue weighted by atomic mass is 35.5. The van der Waals surface area contributed by atoms with Gasteiger partial charge in [0.1, 0.15) is 0 Å². The molecule has 0 amide bonds. The van der Waals surface area contributed by atoms with Crippen LogP contribution in [0.1, 0.15) is 19.7 Å². The second-order valence-corrected chi connectivity index (χ2v) is 5.30. The molecule has 0 saturated carbocycles. The number of carboxylic acid groups (broad SMARTS) is 1. The third kappa shape index (κ3) is 4.03. The van der Waals surface area contributed by atoms with Crippen molar-refractivity contribution in [1.29, 1.82) is 0 Å². The summed E-state index contributed by atoms with van der Waals surface area (Å²) in [5.74, 6) is -0.131. The zero-order chi connectivity index (χ0) is 15.4. The van der Waals surface area contributed by atoms with Gasteiger partial charge in [-0.2, -0.15) is 4.98 Å². The van der Waals surface area contributed by atoms with E-state index < -0.39 is 5.97 Å². The van der Waals surface area contributed by atoms with E-state index in [-0.39, 0.29) is 12.6 Å². The highest BCUT2D eigenvalue weighted by Gasteiger charge is 2.18. The molecule has 6 nitrogen and oxygen atoms in total. The van der Waals surface area contributed by atoms with Crippen LogP contribution in [0.3, 0.4) is 0 Å². The number of carbonyl (C=O) groups is 1. The average molecular weight is 310 g/mol. The van der Waals surface area contributed by atoms with Crippen LogP contribution in [0.4, 0.5) is 0 Å². The summed E-state index contributed by atoms with van der Waals surface area (Å²) in [6.45, 7) is 4.06. The van der Waals surface area contributed by atoms with E-state index in [1.165, 1.54) is 0 Å². The van der Waals surface area contributed by atoms with E-state index >= 15 is 0 Å². The molecular weight excluding hydrogens is 294 g/mol. The summed E-state index contributed by atoms with van der Waals surface area (Å²) in [6, 6.07) is 7.23. The number of hydrogen-bond acceptors (Lipinski definition) is 5. The molecule has 0 bridgehead atoms. The van der Waals surface area contributed by atoms with Gasteiger partial charge in [0.05, 0.1) is 23.7 Å². The van der Waals surface area contributed by atoms with Crippen molar-refractivity contribution in [1.82, 2.24) is 15.0 Å². The predicted octanol–water partition coefficient (Wildman–Crippen LogP) is 2.69. The summed E-state index contributed by atoms with van der Waals surface area (Å²) in [5.41, 5.74) is 0.659. The quantitative estimate of drug-likeness (QED) is 0.883. The molecule has 0 unspecified atom stereocenters. The zero-order valence-electron chi connectivity index (χ0n) is 11.8. The molecule has 0 aliphatic carbocycles. The van der Waals surface area contributed by atoms with E-state index in [0.29, 0.717) is 28.8 Å². The van der Waals surface area contributed by atoms with Gasteiger partial charge in [0.15, 0.2) is 5.82 Å². The van der Waals surface area contributed by atoms with Gasteiger partial charge < -0.3 is 9.63 Å². The Morgan fingerprint density at radius 2 is 2.14 bits per heavy atom. The number of carboxylic acids is 1. The molecule has 1 aromatic carbocycles. The van der Waals surface area contributed by atoms with E-state index in [1.807, 2.05) is 26.0 Å². The highest BCUT2D eigenvalue weighted by molar-refractivity contribution is 6.33. The Morgan fingerprint density at radius 1 is 1.43 bits per heavy atom. The topological polar surface area (TPSA) is 79.5 Å². The first-order valence-corrected chi connectivity index (χ1v) is 6.88. The SMILES string of the molecule is CC(C)N(CC(=O)O)Cc1noc(-c2ccccc2Cl)n1. The number of halogens is 1. The molecule has 0 saturated heterocycles. The maximum atomic E-state index is 10.9. The molecule has 21 heavy (non-hydrogen) atoms. The van der Waals surface area contributed by atoms with Crippen molar-refractivity contribution in [3.8, 4) is 11.5 Å². The molecule has 0 aliphatic rings. The summed E-state index contributed by atoms with van der Waals surface area (Å²) < 4.78 is 5.20. The van der Waals surface area contributed by atoms with E-state index in [1.54, 1.807) is 17.0 Å². The Bertz CT molecular complexity index is 627. The molecule has 1 heterocycles. The van der Waals surface area contributed by atoms with Gasteiger partial charge in [0.25, 0.3) is 5.89 Å². The molecule has 0 fully saturated rings. The first-order valence-electron chi connectivity index (χ1n) is 6.50. The Kier molecular flexibility index (Phi) is 4.93. The van der Waals surface area contributed by atoms with Crippen molar-refractivity contribution < 1.29 is 14.4 Å². The second kappa shape index (κ2) is 6.69. The van der Waals surface area contributed by atoms with Crippen LogP contribution in [-0.2, 0) is 11.3 Å². The molecule has 2 rings (SSSR count). The van der Waals surface area contributed by atoms with Crippen LogP contribution in [0.25, 0.3) is 11.5 Å². The number of rotatable bonds is 6. The Balaban J connectivity index is 2.16. The summed E-state index contributed by atoms with van der Waals surface area (Å²) in [4.78, 5) is 16.9. The smallest absolute Gasteiger partial charge is 0.317 e. The second-order valence-electron chi connectivity index (χ2n) is 4.89. The minimum atomic E-state index is -0.890. The van der Waals surface area contributed by atoms with Crippen molar-refractivity contribution in [2.24, 2.45) is 0 Å². The van der Waals surface area contributed by atoms with Crippen LogP contribution in [0.15, 0.2) is 28.8 Å². The van der Waals surface area contributed by atoms with Crippen LogP contribution in [-0.4, -0.2) is 38.7 Å².